The Hall–Kier alpha value is -4.05. The molecule has 2 aliphatic rings. The van der Waals surface area contributed by atoms with E-state index in [1.165, 1.54) is 10.6 Å². The lowest BCUT2D eigenvalue weighted by Crippen LogP contribution is -2.27. The number of hydrogen-bond donors (Lipinski definition) is 2. The number of rotatable bonds is 5. The van der Waals surface area contributed by atoms with Crippen LogP contribution in [-0.4, -0.2) is 39.8 Å². The molecule has 0 fully saturated rings. The highest BCUT2D eigenvalue weighted by Crippen LogP contribution is 2.33. The monoisotopic (exact) mass is 479 g/mol. The highest BCUT2D eigenvalue weighted by molar-refractivity contribution is 7.92. The van der Waals surface area contributed by atoms with Crippen molar-refractivity contribution < 1.29 is 27.5 Å². The van der Waals surface area contributed by atoms with Crippen LogP contribution >= 0.6 is 0 Å². The van der Waals surface area contributed by atoms with Gasteiger partial charge in [-0.3, -0.25) is 13.9 Å². The fourth-order valence-electron chi connectivity index (χ4n) is 3.98. The normalized spacial score (nSPS) is 14.0. The fourth-order valence-corrected chi connectivity index (χ4v) is 4.93. The maximum Gasteiger partial charge on any atom is 0.255 e. The van der Waals surface area contributed by atoms with Gasteiger partial charge in [0.1, 0.15) is 0 Å². The average Bonchev–Trinajstić information content (AvgIpc) is 3.45. The molecule has 0 unspecified atom stereocenters. The highest BCUT2D eigenvalue weighted by Gasteiger charge is 2.26. The van der Waals surface area contributed by atoms with Gasteiger partial charge in [0.2, 0.25) is 16.8 Å². The first kappa shape index (κ1) is 21.8. The van der Waals surface area contributed by atoms with E-state index in [4.69, 9.17) is 9.47 Å². The third-order valence-electron chi connectivity index (χ3n) is 5.61. The van der Waals surface area contributed by atoms with Crippen LogP contribution in [0.5, 0.6) is 11.5 Å². The molecule has 2 heterocycles. The van der Waals surface area contributed by atoms with E-state index in [1.54, 1.807) is 60.7 Å². The number of hydrogen-bond acceptors (Lipinski definition) is 6. The van der Waals surface area contributed by atoms with Gasteiger partial charge >= 0.3 is 0 Å². The predicted octanol–water partition coefficient (Wildman–Crippen LogP) is 3.24. The number of nitrogens with zero attached hydrogens (tertiary/aromatic N) is 1. The summed E-state index contributed by atoms with van der Waals surface area (Å²) in [4.78, 5) is 25.4. The van der Waals surface area contributed by atoms with Gasteiger partial charge in [0.05, 0.1) is 11.9 Å². The van der Waals surface area contributed by atoms with E-state index in [1.807, 2.05) is 0 Å². The SMILES string of the molecule is CS(=O)(=O)N1CCc2cc(C(=O)Nc3cccc(NC(=O)c4ccc5c(c4)OCO5)c3)ccc21. The van der Waals surface area contributed by atoms with Gasteiger partial charge in [-0.05, 0) is 66.6 Å². The Morgan fingerprint density at radius 2 is 1.50 bits per heavy atom. The lowest BCUT2D eigenvalue weighted by molar-refractivity contribution is 0.101. The first-order valence-corrected chi connectivity index (χ1v) is 12.4. The van der Waals surface area contributed by atoms with Gasteiger partial charge in [0, 0.05) is 29.0 Å². The lowest BCUT2D eigenvalue weighted by Gasteiger charge is -2.16. The molecule has 3 aromatic carbocycles. The van der Waals surface area contributed by atoms with Crippen molar-refractivity contribution in [2.24, 2.45) is 0 Å². The Morgan fingerprint density at radius 1 is 0.853 bits per heavy atom. The number of carbonyl (C=O) groups excluding carboxylic acids is 2. The molecule has 5 rings (SSSR count). The second-order valence-electron chi connectivity index (χ2n) is 7.99. The fraction of sp³-hybridized carbons (Fsp3) is 0.167. The van der Waals surface area contributed by atoms with E-state index < -0.39 is 10.0 Å². The van der Waals surface area contributed by atoms with Crippen LogP contribution < -0.4 is 24.4 Å². The molecule has 10 heteroatoms. The molecule has 0 saturated carbocycles. The van der Waals surface area contributed by atoms with Gasteiger partial charge in [-0.2, -0.15) is 0 Å². The van der Waals surface area contributed by atoms with Crippen molar-refractivity contribution in [1.29, 1.82) is 0 Å². The molecule has 0 aromatic heterocycles. The molecule has 2 aliphatic heterocycles. The Bertz CT molecular complexity index is 1420. The number of anilines is 3. The van der Waals surface area contributed by atoms with Gasteiger partial charge in [0.15, 0.2) is 11.5 Å². The van der Waals surface area contributed by atoms with E-state index in [0.29, 0.717) is 52.7 Å². The first-order valence-electron chi connectivity index (χ1n) is 10.5. The molecule has 2 N–H and O–H groups in total. The minimum absolute atomic E-state index is 0.127. The molecular formula is C24H21N3O6S. The first-order chi connectivity index (χ1) is 16.3. The maximum atomic E-state index is 12.8. The molecule has 0 aliphatic carbocycles. The van der Waals surface area contributed by atoms with Crippen LogP contribution in [-0.2, 0) is 16.4 Å². The zero-order valence-electron chi connectivity index (χ0n) is 18.2. The number of fused-ring (bicyclic) bond motifs is 2. The van der Waals surface area contributed by atoms with Crippen LogP contribution in [0.4, 0.5) is 17.1 Å². The standard InChI is InChI=1S/C24H21N3O6S/c1-34(30,31)27-10-9-15-11-16(5-7-20(15)27)23(28)25-18-3-2-4-19(13-18)26-24(29)17-6-8-21-22(12-17)33-14-32-21/h2-8,11-13H,9-10,14H2,1H3,(H,25,28)(H,26,29). The van der Waals surface area contributed by atoms with Crippen molar-refractivity contribution in [3.05, 3.63) is 77.4 Å². The Morgan fingerprint density at radius 3 is 2.21 bits per heavy atom. The summed E-state index contributed by atoms with van der Waals surface area (Å²) in [7, 11) is -3.35. The summed E-state index contributed by atoms with van der Waals surface area (Å²) in [5.41, 5.74) is 3.27. The Kier molecular flexibility index (Phi) is 5.37. The summed E-state index contributed by atoms with van der Waals surface area (Å²) in [5, 5.41) is 5.63. The van der Waals surface area contributed by atoms with Crippen LogP contribution in [0.1, 0.15) is 26.3 Å². The zero-order chi connectivity index (χ0) is 23.9. The quantitative estimate of drug-likeness (QED) is 0.581. The zero-order valence-corrected chi connectivity index (χ0v) is 19.0. The molecule has 0 atom stereocenters. The number of sulfonamides is 1. The molecule has 2 amide bonds. The maximum absolute atomic E-state index is 12.8. The molecule has 0 bridgehead atoms. The van der Waals surface area contributed by atoms with E-state index in [0.717, 1.165) is 5.56 Å². The topological polar surface area (TPSA) is 114 Å². The molecule has 174 valence electrons. The van der Waals surface area contributed by atoms with E-state index in [9.17, 15) is 18.0 Å². The number of amides is 2. The summed E-state index contributed by atoms with van der Waals surface area (Å²) < 4.78 is 35.7. The molecular weight excluding hydrogens is 458 g/mol. The second kappa shape index (κ2) is 8.38. The van der Waals surface area contributed by atoms with Crippen molar-refractivity contribution >= 4 is 38.9 Å². The summed E-state index contributed by atoms with van der Waals surface area (Å²) in [6.45, 7) is 0.493. The highest BCUT2D eigenvalue weighted by atomic mass is 32.2. The molecule has 3 aromatic rings. The van der Waals surface area contributed by atoms with E-state index >= 15 is 0 Å². The van der Waals surface area contributed by atoms with Crippen molar-refractivity contribution in [1.82, 2.24) is 0 Å². The number of nitrogens with one attached hydrogen (secondary N) is 2. The molecule has 9 nitrogen and oxygen atoms in total. The minimum atomic E-state index is -3.35. The third kappa shape index (κ3) is 4.27. The molecule has 0 saturated heterocycles. The van der Waals surface area contributed by atoms with Gasteiger partial charge in [-0.25, -0.2) is 8.42 Å². The number of ether oxygens (including phenoxy) is 2. The Labute approximate surface area is 196 Å². The summed E-state index contributed by atoms with van der Waals surface area (Å²) >= 11 is 0. The third-order valence-corrected chi connectivity index (χ3v) is 6.79. The predicted molar refractivity (Wildman–Crippen MR) is 127 cm³/mol. The average molecular weight is 480 g/mol. The van der Waals surface area contributed by atoms with Crippen molar-refractivity contribution in [3.63, 3.8) is 0 Å². The lowest BCUT2D eigenvalue weighted by atomic mass is 10.1. The molecule has 0 spiro atoms. The van der Waals surface area contributed by atoms with E-state index in [2.05, 4.69) is 10.6 Å². The van der Waals surface area contributed by atoms with Gasteiger partial charge < -0.3 is 20.1 Å². The summed E-state index contributed by atoms with van der Waals surface area (Å²) in [6.07, 6.45) is 1.71. The van der Waals surface area contributed by atoms with Gasteiger partial charge in [-0.15, -0.1) is 0 Å². The van der Waals surface area contributed by atoms with Gasteiger partial charge in [0.25, 0.3) is 11.8 Å². The van der Waals surface area contributed by atoms with Crippen LogP contribution in [0, 0.1) is 0 Å². The Balaban J connectivity index is 1.28. The number of carbonyl (C=O) groups is 2. The minimum Gasteiger partial charge on any atom is -0.454 e. The molecule has 0 radical (unpaired) electrons. The van der Waals surface area contributed by atoms with Crippen LogP contribution in [0.15, 0.2) is 60.7 Å². The van der Waals surface area contributed by atoms with Crippen LogP contribution in [0.3, 0.4) is 0 Å². The van der Waals surface area contributed by atoms with Crippen LogP contribution in [0.2, 0.25) is 0 Å². The largest absolute Gasteiger partial charge is 0.454 e. The van der Waals surface area contributed by atoms with Crippen molar-refractivity contribution in [3.8, 4) is 11.5 Å². The smallest absolute Gasteiger partial charge is 0.255 e. The van der Waals surface area contributed by atoms with E-state index in [-0.39, 0.29) is 18.6 Å². The van der Waals surface area contributed by atoms with Crippen molar-refractivity contribution in [2.45, 2.75) is 6.42 Å². The second-order valence-corrected chi connectivity index (χ2v) is 9.89. The molecule has 34 heavy (non-hydrogen) atoms. The van der Waals surface area contributed by atoms with Crippen molar-refractivity contribution in [2.75, 3.05) is 34.5 Å². The summed E-state index contributed by atoms with van der Waals surface area (Å²) in [5.74, 6) is 0.454. The number of benzene rings is 3. The van der Waals surface area contributed by atoms with Gasteiger partial charge in [-0.1, -0.05) is 6.07 Å². The summed E-state index contributed by atoms with van der Waals surface area (Å²) in [6, 6.07) is 16.7. The van der Waals surface area contributed by atoms with Crippen LogP contribution in [0.25, 0.3) is 0 Å².